The number of ether oxygens (including phenoxy) is 10. The first kappa shape index (κ1) is 42.2. The number of hydrogen-bond donors (Lipinski definition) is 1. The molecule has 4 aliphatic heterocycles. The summed E-state index contributed by atoms with van der Waals surface area (Å²) in [6, 6.07) is 37.3. The van der Waals surface area contributed by atoms with Crippen molar-refractivity contribution in [3.05, 3.63) is 149 Å². The monoisotopic (exact) mass is 853 g/mol. The fraction of sp³-hybridized carbons (Fsp3) is 0.435. The van der Waals surface area contributed by atoms with Gasteiger partial charge in [0.05, 0.1) is 44.9 Å². The molecule has 4 saturated heterocycles. The number of benzene rings is 4. The molecule has 5 heterocycles. The molecule has 61 heavy (non-hydrogen) atoms. The number of aliphatic hydroxyl groups excluding tert-OH is 1. The molecule has 0 spiro atoms. The Morgan fingerprint density at radius 2 is 1.28 bits per heavy atom. The lowest BCUT2D eigenvalue weighted by molar-refractivity contribution is -0.363. The molecule has 5 aromatic rings. The van der Waals surface area contributed by atoms with Crippen LogP contribution >= 0.6 is 11.8 Å². The maximum atomic E-state index is 11.6. The Labute approximate surface area is 359 Å². The summed E-state index contributed by atoms with van der Waals surface area (Å²) in [7, 11) is 1.52. The van der Waals surface area contributed by atoms with Crippen molar-refractivity contribution in [2.75, 3.05) is 26.1 Å². The Hall–Kier alpha value is -4.07. The van der Waals surface area contributed by atoms with Gasteiger partial charge in [0, 0.05) is 23.8 Å². The fourth-order valence-corrected chi connectivity index (χ4v) is 9.15. The minimum absolute atomic E-state index is 0.120. The zero-order valence-electron chi connectivity index (χ0n) is 34.0. The van der Waals surface area contributed by atoms with Crippen LogP contribution in [0.5, 0.6) is 0 Å². The van der Waals surface area contributed by atoms with Gasteiger partial charge in [0.2, 0.25) is 0 Å². The third-order valence-corrected chi connectivity index (χ3v) is 12.3. The second-order valence-electron chi connectivity index (χ2n) is 15.2. The quantitative estimate of drug-likeness (QED) is 0.130. The van der Waals surface area contributed by atoms with E-state index in [2.05, 4.69) is 17.2 Å². The van der Waals surface area contributed by atoms with Gasteiger partial charge in [-0.15, -0.1) is 16.9 Å². The molecule has 0 radical (unpaired) electrons. The van der Waals surface area contributed by atoms with Gasteiger partial charge in [-0.2, -0.15) is 0 Å². The minimum Gasteiger partial charge on any atom is -0.387 e. The van der Waals surface area contributed by atoms with Crippen LogP contribution < -0.4 is 0 Å². The van der Waals surface area contributed by atoms with Gasteiger partial charge in [0.1, 0.15) is 60.0 Å². The van der Waals surface area contributed by atoms with E-state index in [4.69, 9.17) is 47.4 Å². The highest BCUT2D eigenvalue weighted by atomic mass is 32.2. The Balaban J connectivity index is 0.893. The summed E-state index contributed by atoms with van der Waals surface area (Å²) >= 11 is 1.66. The summed E-state index contributed by atoms with van der Waals surface area (Å²) in [6.07, 6.45) is -5.11. The van der Waals surface area contributed by atoms with Crippen LogP contribution in [0.15, 0.2) is 121 Å². The van der Waals surface area contributed by atoms with E-state index in [0.29, 0.717) is 18.9 Å². The molecule has 0 bridgehead atoms. The maximum Gasteiger partial charge on any atom is 0.186 e. The van der Waals surface area contributed by atoms with Crippen molar-refractivity contribution < 1.29 is 52.5 Å². The molecule has 14 nitrogen and oxygen atoms in total. The van der Waals surface area contributed by atoms with E-state index in [9.17, 15) is 5.11 Å². The van der Waals surface area contributed by atoms with E-state index >= 15 is 0 Å². The summed E-state index contributed by atoms with van der Waals surface area (Å²) in [5.41, 5.74) is 4.65. The molecule has 322 valence electrons. The molecule has 9 rings (SSSR count). The molecule has 4 aliphatic rings. The number of nitrogens with zero attached hydrogens (tertiary/aromatic N) is 3. The van der Waals surface area contributed by atoms with Crippen LogP contribution in [-0.2, 0) is 67.2 Å². The molecule has 0 aliphatic carbocycles. The van der Waals surface area contributed by atoms with Crippen molar-refractivity contribution in [3.63, 3.8) is 0 Å². The maximum absolute atomic E-state index is 11.6. The van der Waals surface area contributed by atoms with Crippen molar-refractivity contribution in [1.29, 1.82) is 0 Å². The SMILES string of the molecule is CCS[C@@H]1O[C@@H]2CO[C@@H](c3ccccc3)O[C@H]2[C@H](OCc2ccccc2)[C@H]1OCc1cn(-c2ccccc2CO[C@H]2[C@@H](OC)O[C@@H]3CO[C@@H](c4ccccc4)O[C@H]3[C@@H]2O)nn1. The normalized spacial score (nSPS) is 31.3. The summed E-state index contributed by atoms with van der Waals surface area (Å²) in [5, 5.41) is 20.6. The number of hydrogen-bond acceptors (Lipinski definition) is 14. The van der Waals surface area contributed by atoms with Gasteiger partial charge in [-0.25, -0.2) is 4.68 Å². The van der Waals surface area contributed by atoms with E-state index in [1.807, 2.05) is 121 Å². The van der Waals surface area contributed by atoms with Gasteiger partial charge in [-0.1, -0.05) is 121 Å². The molecule has 1 N–H and O–H groups in total. The van der Waals surface area contributed by atoms with E-state index in [0.717, 1.165) is 33.7 Å². The molecule has 0 unspecified atom stereocenters. The molecular weight excluding hydrogens is 803 g/mol. The van der Waals surface area contributed by atoms with Gasteiger partial charge in [0.15, 0.2) is 18.9 Å². The highest BCUT2D eigenvalue weighted by Gasteiger charge is 2.52. The van der Waals surface area contributed by atoms with Gasteiger partial charge in [0.25, 0.3) is 0 Å². The lowest BCUT2D eigenvalue weighted by Gasteiger charge is -2.49. The van der Waals surface area contributed by atoms with Gasteiger partial charge in [-0.05, 0) is 17.4 Å². The second-order valence-corrected chi connectivity index (χ2v) is 16.6. The number of methoxy groups -OCH3 is 1. The molecule has 4 aromatic carbocycles. The van der Waals surface area contributed by atoms with Crippen molar-refractivity contribution in [3.8, 4) is 5.69 Å². The summed E-state index contributed by atoms with van der Waals surface area (Å²) in [6.45, 7) is 3.33. The first-order valence-electron chi connectivity index (χ1n) is 20.7. The molecule has 0 amide bonds. The number of thioether (sulfide) groups is 1. The van der Waals surface area contributed by atoms with Gasteiger partial charge in [-0.3, -0.25) is 0 Å². The average Bonchev–Trinajstić information content (AvgIpc) is 3.79. The standard InChI is InChI=1S/C46H51N3O11S/c1-3-61-46-42(41(52-24-29-15-7-4-8-16-29)39-36(58-46)28-56-44(60-39)31-19-11-6-12-20-31)54-26-33-23-49(48-47-33)34-22-14-13-21-32(34)25-53-40-37(50)38-35(57-45(40)51-2)27-55-43(59-38)30-17-9-5-10-18-30/h4-23,35-46,50H,3,24-28H2,1-2H3/t35-,36-,37+,38-,39-,40-,41+,42-,43-,44-,45+,46+/m1/s1. The van der Waals surface area contributed by atoms with Crippen LogP contribution in [0, 0.1) is 0 Å². The predicted octanol–water partition coefficient (Wildman–Crippen LogP) is 6.06. The molecule has 0 saturated carbocycles. The highest BCUT2D eigenvalue weighted by molar-refractivity contribution is 7.99. The van der Waals surface area contributed by atoms with Crippen LogP contribution in [-0.4, -0.2) is 107 Å². The Kier molecular flexibility index (Phi) is 13.8. The number of rotatable bonds is 15. The van der Waals surface area contributed by atoms with Gasteiger partial charge < -0.3 is 52.5 Å². The number of aliphatic hydroxyl groups is 1. The lowest BCUT2D eigenvalue weighted by atomic mass is 9.97. The van der Waals surface area contributed by atoms with E-state index in [-0.39, 0.29) is 31.4 Å². The van der Waals surface area contributed by atoms with Crippen LogP contribution in [0.3, 0.4) is 0 Å². The van der Waals surface area contributed by atoms with Crippen LogP contribution in [0.1, 0.15) is 47.5 Å². The Morgan fingerprint density at radius 1 is 0.672 bits per heavy atom. The average molecular weight is 854 g/mol. The summed E-state index contributed by atoms with van der Waals surface area (Å²) in [5.74, 6) is 0.808. The van der Waals surface area contributed by atoms with E-state index in [1.165, 1.54) is 7.11 Å². The van der Waals surface area contributed by atoms with Crippen molar-refractivity contribution in [2.45, 2.75) is 99.9 Å². The van der Waals surface area contributed by atoms with Gasteiger partial charge >= 0.3 is 0 Å². The minimum atomic E-state index is -1.05. The largest absolute Gasteiger partial charge is 0.387 e. The van der Waals surface area contributed by atoms with E-state index < -0.39 is 61.6 Å². The smallest absolute Gasteiger partial charge is 0.186 e. The Morgan fingerprint density at radius 3 is 1.97 bits per heavy atom. The first-order valence-corrected chi connectivity index (χ1v) is 21.8. The van der Waals surface area contributed by atoms with Crippen LogP contribution in [0.4, 0.5) is 0 Å². The van der Waals surface area contributed by atoms with E-state index in [1.54, 1.807) is 16.4 Å². The zero-order valence-corrected chi connectivity index (χ0v) is 34.8. The number of fused-ring (bicyclic) bond motifs is 2. The molecule has 4 fully saturated rings. The molecular formula is C46H51N3O11S. The van der Waals surface area contributed by atoms with Crippen LogP contribution in [0.25, 0.3) is 5.69 Å². The van der Waals surface area contributed by atoms with Crippen molar-refractivity contribution >= 4 is 11.8 Å². The second kappa shape index (κ2) is 20.0. The van der Waals surface area contributed by atoms with Crippen LogP contribution in [0.2, 0.25) is 0 Å². The highest BCUT2D eigenvalue weighted by Crippen LogP contribution is 2.40. The number of aromatic nitrogens is 3. The summed E-state index contributed by atoms with van der Waals surface area (Å²) in [4.78, 5) is 0. The number of para-hydroxylation sites is 1. The topological polar surface area (TPSA) is 143 Å². The molecule has 15 heteroatoms. The summed E-state index contributed by atoms with van der Waals surface area (Å²) < 4.78 is 65.1. The third kappa shape index (κ3) is 9.64. The molecule has 12 atom stereocenters. The first-order chi connectivity index (χ1) is 30.1. The zero-order chi connectivity index (χ0) is 41.5. The Bertz CT molecular complexity index is 2120. The lowest BCUT2D eigenvalue weighted by Crippen LogP contribution is -2.62. The van der Waals surface area contributed by atoms with Crippen molar-refractivity contribution in [1.82, 2.24) is 15.0 Å². The molecule has 1 aromatic heterocycles. The third-order valence-electron chi connectivity index (χ3n) is 11.2. The fourth-order valence-electron chi connectivity index (χ4n) is 8.18. The van der Waals surface area contributed by atoms with Crippen molar-refractivity contribution in [2.24, 2.45) is 0 Å². The predicted molar refractivity (Wildman–Crippen MR) is 222 cm³/mol.